The van der Waals surface area contributed by atoms with Gasteiger partial charge in [0.15, 0.2) is 0 Å². The van der Waals surface area contributed by atoms with Crippen LogP contribution >= 0.6 is 0 Å². The number of benzene rings is 2. The summed E-state index contributed by atoms with van der Waals surface area (Å²) in [7, 11) is 0. The first-order chi connectivity index (χ1) is 14.3. The van der Waals surface area contributed by atoms with Crippen LogP contribution in [0.3, 0.4) is 0 Å². The zero-order chi connectivity index (χ0) is 19.6. The second-order valence-electron chi connectivity index (χ2n) is 7.84. The molecular formula is C23H24N4O2. The highest BCUT2D eigenvalue weighted by Gasteiger charge is 2.37. The van der Waals surface area contributed by atoms with Gasteiger partial charge in [-0.1, -0.05) is 48.5 Å². The van der Waals surface area contributed by atoms with Crippen LogP contribution in [0, 0.1) is 0 Å². The zero-order valence-electron chi connectivity index (χ0n) is 16.2. The molecule has 2 aliphatic heterocycles. The fourth-order valence-corrected chi connectivity index (χ4v) is 4.31. The van der Waals surface area contributed by atoms with Gasteiger partial charge < -0.3 is 14.6 Å². The molecule has 0 radical (unpaired) electrons. The number of nitrogens with zero attached hydrogens (tertiary/aromatic N) is 3. The SMILES string of the molecule is O=C(c1ccccc1)N1CC(c2nnc(C3NCCCC3c3ccccc3)o2)C1. The Morgan fingerprint density at radius 2 is 1.66 bits per heavy atom. The molecule has 2 atom stereocenters. The molecule has 3 heterocycles. The van der Waals surface area contributed by atoms with E-state index in [2.05, 4.69) is 39.8 Å². The van der Waals surface area contributed by atoms with E-state index < -0.39 is 0 Å². The van der Waals surface area contributed by atoms with Crippen molar-refractivity contribution in [1.29, 1.82) is 0 Å². The highest BCUT2D eigenvalue weighted by atomic mass is 16.4. The van der Waals surface area contributed by atoms with E-state index in [4.69, 9.17) is 4.42 Å². The molecule has 2 fully saturated rings. The third-order valence-electron chi connectivity index (χ3n) is 5.95. The Kier molecular flexibility index (Phi) is 4.86. The van der Waals surface area contributed by atoms with Crippen molar-refractivity contribution in [2.45, 2.75) is 30.7 Å². The van der Waals surface area contributed by atoms with Gasteiger partial charge in [-0.15, -0.1) is 10.2 Å². The molecule has 2 aromatic carbocycles. The maximum Gasteiger partial charge on any atom is 0.253 e. The molecule has 5 rings (SSSR count). The van der Waals surface area contributed by atoms with Crippen LogP contribution < -0.4 is 5.32 Å². The lowest BCUT2D eigenvalue weighted by atomic mass is 9.85. The van der Waals surface area contributed by atoms with Gasteiger partial charge in [-0.05, 0) is 37.1 Å². The molecule has 6 heteroatoms. The van der Waals surface area contributed by atoms with Crippen LogP contribution in [0.25, 0.3) is 0 Å². The Bertz CT molecular complexity index is 967. The first kappa shape index (κ1) is 18.1. The molecule has 148 valence electrons. The maximum absolute atomic E-state index is 12.5. The highest BCUT2D eigenvalue weighted by molar-refractivity contribution is 5.94. The van der Waals surface area contributed by atoms with Gasteiger partial charge in [-0.2, -0.15) is 0 Å². The van der Waals surface area contributed by atoms with E-state index in [0.29, 0.717) is 36.4 Å². The van der Waals surface area contributed by atoms with Crippen molar-refractivity contribution in [2.75, 3.05) is 19.6 Å². The van der Waals surface area contributed by atoms with Crippen LogP contribution in [0.4, 0.5) is 0 Å². The lowest BCUT2D eigenvalue weighted by Crippen LogP contribution is -2.48. The minimum absolute atomic E-state index is 0.0366. The van der Waals surface area contributed by atoms with E-state index in [-0.39, 0.29) is 17.9 Å². The number of piperidine rings is 1. The summed E-state index contributed by atoms with van der Waals surface area (Å²) in [5, 5.41) is 12.2. The quantitative estimate of drug-likeness (QED) is 0.740. The van der Waals surface area contributed by atoms with E-state index >= 15 is 0 Å². The van der Waals surface area contributed by atoms with Gasteiger partial charge in [0.05, 0.1) is 12.0 Å². The van der Waals surface area contributed by atoms with Crippen molar-refractivity contribution in [3.05, 3.63) is 83.6 Å². The van der Waals surface area contributed by atoms with E-state index in [1.807, 2.05) is 41.3 Å². The molecule has 3 aromatic rings. The summed E-state index contributed by atoms with van der Waals surface area (Å²) in [5.74, 6) is 1.79. The highest BCUT2D eigenvalue weighted by Crippen LogP contribution is 2.37. The van der Waals surface area contributed by atoms with Gasteiger partial charge in [0.25, 0.3) is 5.91 Å². The molecule has 2 unspecified atom stereocenters. The molecule has 2 aliphatic rings. The smallest absolute Gasteiger partial charge is 0.253 e. The topological polar surface area (TPSA) is 71.3 Å². The zero-order valence-corrected chi connectivity index (χ0v) is 16.2. The maximum atomic E-state index is 12.5. The van der Waals surface area contributed by atoms with Gasteiger partial charge in [-0.25, -0.2) is 0 Å². The standard InChI is InChI=1S/C23H24N4O2/c28-23(17-10-5-2-6-11-17)27-14-18(15-27)21-25-26-22(29-21)20-19(12-7-13-24-20)16-8-3-1-4-9-16/h1-6,8-11,18-20,24H,7,12-15H2. The Balaban J connectivity index is 1.27. The number of rotatable bonds is 4. The summed E-state index contributed by atoms with van der Waals surface area (Å²) in [4.78, 5) is 14.3. The molecule has 29 heavy (non-hydrogen) atoms. The number of hydrogen-bond donors (Lipinski definition) is 1. The minimum atomic E-state index is 0.0366. The Hall–Kier alpha value is -2.99. The Labute approximate surface area is 169 Å². The summed E-state index contributed by atoms with van der Waals surface area (Å²) in [6.07, 6.45) is 2.23. The lowest BCUT2D eigenvalue weighted by Gasteiger charge is -2.37. The number of carbonyl (C=O) groups is 1. The number of hydrogen-bond acceptors (Lipinski definition) is 5. The largest absolute Gasteiger partial charge is 0.423 e. The third kappa shape index (κ3) is 3.56. The van der Waals surface area contributed by atoms with Gasteiger partial charge in [-0.3, -0.25) is 4.79 Å². The summed E-state index contributed by atoms with van der Waals surface area (Å²) in [6.45, 7) is 2.19. The average Bonchev–Trinajstić information content (AvgIpc) is 3.23. The normalized spacial score (nSPS) is 22.3. The Morgan fingerprint density at radius 3 is 2.41 bits per heavy atom. The molecule has 0 aliphatic carbocycles. The fourth-order valence-electron chi connectivity index (χ4n) is 4.31. The monoisotopic (exact) mass is 388 g/mol. The number of aromatic nitrogens is 2. The second-order valence-corrected chi connectivity index (χ2v) is 7.84. The number of nitrogens with one attached hydrogen (secondary N) is 1. The molecular weight excluding hydrogens is 364 g/mol. The third-order valence-corrected chi connectivity index (χ3v) is 5.95. The van der Waals surface area contributed by atoms with Crippen molar-refractivity contribution < 1.29 is 9.21 Å². The van der Waals surface area contributed by atoms with Crippen LogP contribution in [0.1, 0.15) is 58.4 Å². The predicted octanol–water partition coefficient (Wildman–Crippen LogP) is 3.52. The molecule has 1 aromatic heterocycles. The van der Waals surface area contributed by atoms with Crippen LogP contribution in [0.5, 0.6) is 0 Å². The van der Waals surface area contributed by atoms with Crippen molar-refractivity contribution in [1.82, 2.24) is 20.4 Å². The van der Waals surface area contributed by atoms with E-state index in [1.54, 1.807) is 0 Å². The summed E-state index contributed by atoms with van der Waals surface area (Å²) >= 11 is 0. The second kappa shape index (κ2) is 7.79. The summed E-state index contributed by atoms with van der Waals surface area (Å²) in [6, 6.07) is 19.9. The van der Waals surface area contributed by atoms with Gasteiger partial charge in [0.1, 0.15) is 0 Å². The van der Waals surface area contributed by atoms with Crippen molar-refractivity contribution in [3.8, 4) is 0 Å². The molecule has 1 amide bonds. The fraction of sp³-hybridized carbons (Fsp3) is 0.348. The molecule has 1 N–H and O–H groups in total. The lowest BCUT2D eigenvalue weighted by molar-refractivity contribution is 0.0573. The molecule has 2 saturated heterocycles. The van der Waals surface area contributed by atoms with Crippen LogP contribution in [0.2, 0.25) is 0 Å². The van der Waals surface area contributed by atoms with Gasteiger partial charge >= 0.3 is 0 Å². The van der Waals surface area contributed by atoms with E-state index in [1.165, 1.54) is 5.56 Å². The molecule has 0 bridgehead atoms. The van der Waals surface area contributed by atoms with E-state index in [0.717, 1.165) is 19.4 Å². The van der Waals surface area contributed by atoms with Crippen molar-refractivity contribution >= 4 is 5.91 Å². The number of amides is 1. The van der Waals surface area contributed by atoms with Crippen LogP contribution in [-0.4, -0.2) is 40.6 Å². The average molecular weight is 388 g/mol. The molecule has 6 nitrogen and oxygen atoms in total. The number of carbonyl (C=O) groups excluding carboxylic acids is 1. The van der Waals surface area contributed by atoms with Gasteiger partial charge in [0.2, 0.25) is 11.8 Å². The molecule has 0 saturated carbocycles. The van der Waals surface area contributed by atoms with Crippen molar-refractivity contribution in [3.63, 3.8) is 0 Å². The first-order valence-electron chi connectivity index (χ1n) is 10.3. The van der Waals surface area contributed by atoms with Crippen LogP contribution in [-0.2, 0) is 0 Å². The number of likely N-dealkylation sites (tertiary alicyclic amines) is 1. The minimum Gasteiger partial charge on any atom is -0.423 e. The summed E-state index contributed by atoms with van der Waals surface area (Å²) < 4.78 is 6.09. The van der Waals surface area contributed by atoms with Gasteiger partial charge in [0, 0.05) is 24.6 Å². The first-order valence-corrected chi connectivity index (χ1v) is 10.3. The summed E-state index contributed by atoms with van der Waals surface area (Å²) in [5.41, 5.74) is 2.02. The predicted molar refractivity (Wildman–Crippen MR) is 109 cm³/mol. The Morgan fingerprint density at radius 1 is 0.966 bits per heavy atom. The van der Waals surface area contributed by atoms with E-state index in [9.17, 15) is 4.79 Å². The van der Waals surface area contributed by atoms with Crippen molar-refractivity contribution in [2.24, 2.45) is 0 Å². The molecule has 0 spiro atoms. The van der Waals surface area contributed by atoms with Crippen LogP contribution in [0.15, 0.2) is 65.1 Å².